The van der Waals surface area contributed by atoms with Crippen molar-refractivity contribution in [2.24, 2.45) is 11.7 Å². The number of fused-ring (bicyclic) bond motifs is 1. The fraction of sp³-hybridized carbons (Fsp3) is 0.583. The number of ether oxygens (including phenoxy) is 1. The van der Waals surface area contributed by atoms with Crippen LogP contribution in [0.4, 0.5) is 0 Å². The lowest BCUT2D eigenvalue weighted by molar-refractivity contribution is -0.117. The van der Waals surface area contributed by atoms with E-state index >= 15 is 0 Å². The highest BCUT2D eigenvalue weighted by Gasteiger charge is 2.51. The van der Waals surface area contributed by atoms with Gasteiger partial charge in [-0.25, -0.2) is 4.98 Å². The monoisotopic (exact) mass is 264 g/mol. The van der Waals surface area contributed by atoms with Crippen LogP contribution in [0.2, 0.25) is 0 Å². The van der Waals surface area contributed by atoms with E-state index in [1.54, 1.807) is 0 Å². The normalized spacial score (nSPS) is 33.1. The van der Waals surface area contributed by atoms with Gasteiger partial charge < -0.3 is 20.8 Å². The zero-order valence-electron chi connectivity index (χ0n) is 10.3. The van der Waals surface area contributed by atoms with E-state index in [1.165, 1.54) is 6.20 Å². The molecule has 7 nitrogen and oxygen atoms in total. The quantitative estimate of drug-likeness (QED) is 0.635. The van der Waals surface area contributed by atoms with Crippen molar-refractivity contribution in [3.05, 3.63) is 28.4 Å². The Balaban J connectivity index is 1.66. The Morgan fingerprint density at radius 1 is 1.58 bits per heavy atom. The van der Waals surface area contributed by atoms with E-state index in [4.69, 9.17) is 10.5 Å². The summed E-state index contributed by atoms with van der Waals surface area (Å²) in [5.74, 6) is -0.00749. The van der Waals surface area contributed by atoms with E-state index in [9.17, 15) is 9.59 Å². The van der Waals surface area contributed by atoms with Crippen LogP contribution in [0, 0.1) is 5.92 Å². The van der Waals surface area contributed by atoms with E-state index in [-0.39, 0.29) is 35.3 Å². The molecule has 0 aromatic carbocycles. The van der Waals surface area contributed by atoms with Crippen LogP contribution in [-0.2, 0) is 4.74 Å². The van der Waals surface area contributed by atoms with Crippen LogP contribution in [-0.4, -0.2) is 40.7 Å². The van der Waals surface area contributed by atoms with Crippen LogP contribution < -0.4 is 16.6 Å². The summed E-state index contributed by atoms with van der Waals surface area (Å²) < 4.78 is 5.64. The minimum Gasteiger partial charge on any atom is -0.376 e. The summed E-state index contributed by atoms with van der Waals surface area (Å²) in [6.07, 6.45) is 4.46. The second kappa shape index (κ2) is 4.75. The third-order valence-electron chi connectivity index (χ3n) is 3.88. The average Bonchev–Trinajstić information content (AvgIpc) is 2.45. The molecule has 0 radical (unpaired) electrons. The largest absolute Gasteiger partial charge is 0.376 e. The molecule has 1 aromatic rings. The smallest absolute Gasteiger partial charge is 0.271 e. The summed E-state index contributed by atoms with van der Waals surface area (Å²) in [6.45, 7) is 0.719. The molecular formula is C12H16N4O3. The number of rotatable bonds is 2. The molecule has 1 saturated carbocycles. The molecule has 102 valence electrons. The first-order valence-corrected chi connectivity index (χ1v) is 6.39. The highest BCUT2D eigenvalue weighted by molar-refractivity contribution is 5.92. The SMILES string of the molecule is NC1C2CCCOC2C1NC(=O)c1c[nH]c(=O)cn1. The number of amides is 1. The van der Waals surface area contributed by atoms with Crippen molar-refractivity contribution in [2.75, 3.05) is 6.61 Å². The number of aromatic nitrogens is 2. The average molecular weight is 264 g/mol. The number of aromatic amines is 1. The first-order valence-electron chi connectivity index (χ1n) is 6.39. The number of H-pyrrole nitrogens is 1. The van der Waals surface area contributed by atoms with Gasteiger partial charge in [-0.1, -0.05) is 0 Å². The van der Waals surface area contributed by atoms with Crippen LogP contribution in [0.25, 0.3) is 0 Å². The molecule has 0 bridgehead atoms. The lowest BCUT2D eigenvalue weighted by Crippen LogP contribution is -2.72. The lowest BCUT2D eigenvalue weighted by atomic mass is 9.68. The van der Waals surface area contributed by atoms with Crippen LogP contribution in [0.5, 0.6) is 0 Å². The van der Waals surface area contributed by atoms with Crippen molar-refractivity contribution in [2.45, 2.75) is 31.0 Å². The molecule has 4 unspecified atom stereocenters. The van der Waals surface area contributed by atoms with Gasteiger partial charge in [-0.15, -0.1) is 0 Å². The summed E-state index contributed by atoms with van der Waals surface area (Å²) in [4.78, 5) is 29.1. The number of nitrogens with one attached hydrogen (secondary N) is 2. The molecule has 1 aliphatic carbocycles. The van der Waals surface area contributed by atoms with Crippen molar-refractivity contribution in [3.63, 3.8) is 0 Å². The maximum absolute atomic E-state index is 12.0. The molecule has 1 aliphatic heterocycles. The number of carbonyl (C=O) groups excluding carboxylic acids is 1. The Kier molecular flexibility index (Phi) is 3.08. The first-order chi connectivity index (χ1) is 9.16. The van der Waals surface area contributed by atoms with E-state index < -0.39 is 0 Å². The second-order valence-electron chi connectivity index (χ2n) is 5.01. The molecule has 3 rings (SSSR count). The van der Waals surface area contributed by atoms with Gasteiger partial charge >= 0.3 is 0 Å². The Morgan fingerprint density at radius 2 is 2.42 bits per heavy atom. The van der Waals surface area contributed by atoms with Crippen molar-refractivity contribution in [3.8, 4) is 0 Å². The van der Waals surface area contributed by atoms with Crippen LogP contribution >= 0.6 is 0 Å². The number of hydrogen-bond donors (Lipinski definition) is 3. The van der Waals surface area contributed by atoms with Crippen LogP contribution in [0.15, 0.2) is 17.2 Å². The van der Waals surface area contributed by atoms with Gasteiger partial charge in [-0.05, 0) is 12.8 Å². The third kappa shape index (κ3) is 2.15. The van der Waals surface area contributed by atoms with Gasteiger partial charge in [0.05, 0.1) is 18.3 Å². The molecule has 0 spiro atoms. The summed E-state index contributed by atoms with van der Waals surface area (Å²) in [5.41, 5.74) is 5.89. The van der Waals surface area contributed by atoms with E-state index in [2.05, 4.69) is 15.3 Å². The maximum Gasteiger partial charge on any atom is 0.271 e. The molecular weight excluding hydrogens is 248 g/mol. The first kappa shape index (κ1) is 12.3. The highest BCUT2D eigenvalue weighted by atomic mass is 16.5. The summed E-state index contributed by atoms with van der Waals surface area (Å²) in [5, 5.41) is 2.83. The highest BCUT2D eigenvalue weighted by Crippen LogP contribution is 2.36. The number of nitrogens with two attached hydrogens (primary N) is 1. The van der Waals surface area contributed by atoms with Crippen molar-refractivity contribution < 1.29 is 9.53 Å². The van der Waals surface area contributed by atoms with Crippen molar-refractivity contribution in [1.82, 2.24) is 15.3 Å². The van der Waals surface area contributed by atoms with Gasteiger partial charge in [-0.3, -0.25) is 9.59 Å². The zero-order chi connectivity index (χ0) is 13.4. The number of carbonyl (C=O) groups is 1. The Bertz CT molecular complexity index is 524. The van der Waals surface area contributed by atoms with Gasteiger partial charge in [0.2, 0.25) is 0 Å². The van der Waals surface area contributed by atoms with Gasteiger partial charge in [0.1, 0.15) is 5.69 Å². The third-order valence-corrected chi connectivity index (χ3v) is 3.88. The Labute approximate surface area is 109 Å². The minimum atomic E-state index is -0.343. The lowest BCUT2D eigenvalue weighted by Gasteiger charge is -2.52. The van der Waals surface area contributed by atoms with Gasteiger partial charge in [0.15, 0.2) is 0 Å². The Hall–Kier alpha value is -1.73. The molecule has 4 atom stereocenters. The molecule has 19 heavy (non-hydrogen) atoms. The number of hydrogen-bond acceptors (Lipinski definition) is 5. The fourth-order valence-corrected chi connectivity index (χ4v) is 2.82. The van der Waals surface area contributed by atoms with Gasteiger partial charge in [-0.2, -0.15) is 0 Å². The molecule has 2 fully saturated rings. The maximum atomic E-state index is 12.0. The molecule has 1 aromatic heterocycles. The topological polar surface area (TPSA) is 110 Å². The second-order valence-corrected chi connectivity index (χ2v) is 5.01. The molecule has 4 N–H and O–H groups in total. The van der Waals surface area contributed by atoms with Crippen LogP contribution in [0.1, 0.15) is 23.3 Å². The van der Waals surface area contributed by atoms with Crippen molar-refractivity contribution >= 4 is 5.91 Å². The van der Waals surface area contributed by atoms with Crippen LogP contribution in [0.3, 0.4) is 0 Å². The fourth-order valence-electron chi connectivity index (χ4n) is 2.82. The predicted molar refractivity (Wildman–Crippen MR) is 66.6 cm³/mol. The van der Waals surface area contributed by atoms with E-state index in [0.717, 1.165) is 25.6 Å². The Morgan fingerprint density at radius 3 is 3.16 bits per heavy atom. The molecule has 1 amide bonds. The summed E-state index contributed by atoms with van der Waals surface area (Å²) in [6, 6.07) is -0.247. The predicted octanol–water partition coefficient (Wildman–Crippen LogP) is -0.996. The summed E-state index contributed by atoms with van der Waals surface area (Å²) >= 11 is 0. The molecule has 1 saturated heterocycles. The van der Waals surface area contributed by atoms with E-state index in [0.29, 0.717) is 5.92 Å². The molecule has 2 aliphatic rings. The van der Waals surface area contributed by atoms with Gasteiger partial charge in [0, 0.05) is 24.8 Å². The molecule has 7 heteroatoms. The van der Waals surface area contributed by atoms with Gasteiger partial charge in [0.25, 0.3) is 11.5 Å². The number of nitrogens with zero attached hydrogens (tertiary/aromatic N) is 1. The zero-order valence-corrected chi connectivity index (χ0v) is 10.3. The van der Waals surface area contributed by atoms with E-state index in [1.807, 2.05) is 0 Å². The minimum absolute atomic E-state index is 0.00969. The summed E-state index contributed by atoms with van der Waals surface area (Å²) in [7, 11) is 0. The standard InChI is InChI=1S/C12H16N4O3/c13-9-6-2-1-3-19-11(6)10(9)16-12(18)7-4-15-8(17)5-14-7/h4-6,9-11H,1-3,13H2,(H,15,17)(H,16,18). The van der Waals surface area contributed by atoms with Crippen molar-refractivity contribution in [1.29, 1.82) is 0 Å². The molecule has 2 heterocycles.